The zero-order valence-electron chi connectivity index (χ0n) is 10.3. The van der Waals surface area contributed by atoms with Gasteiger partial charge < -0.3 is 10.2 Å². The quantitative estimate of drug-likeness (QED) is 0.482. The molecule has 18 heavy (non-hydrogen) atoms. The SMILES string of the molecule is CC(=C/COc1ccccc1F)/C(NN)=C(\C)F. The van der Waals surface area contributed by atoms with Crippen LogP contribution in [0.15, 0.2) is 47.4 Å². The molecule has 3 N–H and O–H groups in total. The Balaban J connectivity index is 2.66. The van der Waals surface area contributed by atoms with E-state index in [4.69, 9.17) is 10.6 Å². The number of nitrogens with one attached hydrogen (secondary N) is 1. The van der Waals surface area contributed by atoms with E-state index in [1.54, 1.807) is 25.1 Å². The molecule has 5 heteroatoms. The van der Waals surface area contributed by atoms with Gasteiger partial charge in [0.25, 0.3) is 0 Å². The van der Waals surface area contributed by atoms with Crippen LogP contribution >= 0.6 is 0 Å². The second kappa shape index (κ2) is 6.76. The minimum atomic E-state index is -0.432. The van der Waals surface area contributed by atoms with Crippen LogP contribution in [0.1, 0.15) is 13.8 Å². The summed E-state index contributed by atoms with van der Waals surface area (Å²) < 4.78 is 31.5. The van der Waals surface area contributed by atoms with Gasteiger partial charge in [0.15, 0.2) is 11.6 Å². The first-order valence-corrected chi connectivity index (χ1v) is 5.43. The van der Waals surface area contributed by atoms with Gasteiger partial charge in [0.1, 0.15) is 12.4 Å². The summed E-state index contributed by atoms with van der Waals surface area (Å²) in [6, 6.07) is 6.09. The summed E-state index contributed by atoms with van der Waals surface area (Å²) in [6.45, 7) is 3.11. The number of hydrogen-bond acceptors (Lipinski definition) is 3. The second-order valence-electron chi connectivity index (χ2n) is 3.68. The van der Waals surface area contributed by atoms with Crippen molar-refractivity contribution in [2.45, 2.75) is 13.8 Å². The normalized spacial score (nSPS) is 13.1. The van der Waals surface area contributed by atoms with Crippen molar-refractivity contribution < 1.29 is 13.5 Å². The Morgan fingerprint density at radius 1 is 1.39 bits per heavy atom. The Morgan fingerprint density at radius 2 is 2.06 bits per heavy atom. The molecule has 0 atom stereocenters. The van der Waals surface area contributed by atoms with Crippen LogP contribution < -0.4 is 16.0 Å². The average molecular weight is 254 g/mol. The predicted molar refractivity (Wildman–Crippen MR) is 66.8 cm³/mol. The van der Waals surface area contributed by atoms with Gasteiger partial charge in [0.05, 0.1) is 5.70 Å². The highest BCUT2D eigenvalue weighted by atomic mass is 19.1. The summed E-state index contributed by atoms with van der Waals surface area (Å²) >= 11 is 0. The van der Waals surface area contributed by atoms with Crippen molar-refractivity contribution >= 4 is 0 Å². The van der Waals surface area contributed by atoms with Crippen molar-refractivity contribution in [3.05, 3.63) is 53.3 Å². The minimum absolute atomic E-state index is 0.130. The molecular formula is C13H16F2N2O. The lowest BCUT2D eigenvalue weighted by Gasteiger charge is -2.08. The van der Waals surface area contributed by atoms with Gasteiger partial charge in [-0.1, -0.05) is 12.1 Å². The van der Waals surface area contributed by atoms with Crippen molar-refractivity contribution in [1.82, 2.24) is 5.43 Å². The Labute approximate surface area is 105 Å². The van der Waals surface area contributed by atoms with Gasteiger partial charge in [-0.15, -0.1) is 0 Å². The Kier molecular flexibility index (Phi) is 5.32. The van der Waals surface area contributed by atoms with Gasteiger partial charge in [0.2, 0.25) is 0 Å². The maximum absolute atomic E-state index is 13.2. The van der Waals surface area contributed by atoms with Crippen LogP contribution in [0.5, 0.6) is 5.75 Å². The fourth-order valence-electron chi connectivity index (χ4n) is 1.41. The van der Waals surface area contributed by atoms with Crippen LogP contribution in [0, 0.1) is 5.82 Å². The molecule has 0 aliphatic heterocycles. The average Bonchev–Trinajstić information content (AvgIpc) is 2.32. The number of halogens is 2. The highest BCUT2D eigenvalue weighted by molar-refractivity contribution is 5.29. The van der Waals surface area contributed by atoms with Crippen LogP contribution in [0.3, 0.4) is 0 Å². The van der Waals surface area contributed by atoms with Gasteiger partial charge in [0, 0.05) is 0 Å². The smallest absolute Gasteiger partial charge is 0.165 e. The zero-order valence-corrected chi connectivity index (χ0v) is 10.3. The van der Waals surface area contributed by atoms with E-state index in [-0.39, 0.29) is 18.1 Å². The number of hydrazine groups is 1. The number of nitrogens with two attached hydrogens (primary N) is 1. The van der Waals surface area contributed by atoms with Gasteiger partial charge in [-0.05, 0) is 37.6 Å². The zero-order chi connectivity index (χ0) is 13.5. The molecule has 0 bridgehead atoms. The maximum Gasteiger partial charge on any atom is 0.165 e. The monoisotopic (exact) mass is 254 g/mol. The predicted octanol–water partition coefficient (Wildman–Crippen LogP) is 2.82. The highest BCUT2D eigenvalue weighted by Gasteiger charge is 2.03. The summed E-state index contributed by atoms with van der Waals surface area (Å²) in [5.41, 5.74) is 3.06. The van der Waals surface area contributed by atoms with E-state index in [0.717, 1.165) is 0 Å². The van der Waals surface area contributed by atoms with Crippen LogP contribution in [0.4, 0.5) is 8.78 Å². The molecule has 0 radical (unpaired) electrons. The molecule has 0 saturated heterocycles. The van der Waals surface area contributed by atoms with Crippen LogP contribution in [0.2, 0.25) is 0 Å². The van der Waals surface area contributed by atoms with Gasteiger partial charge in [-0.25, -0.2) is 8.78 Å². The van der Waals surface area contributed by atoms with E-state index in [9.17, 15) is 8.78 Å². The number of allylic oxidation sites excluding steroid dienone is 2. The van der Waals surface area contributed by atoms with Gasteiger partial charge in [-0.2, -0.15) is 0 Å². The Hall–Kier alpha value is -1.88. The van der Waals surface area contributed by atoms with Gasteiger partial charge >= 0.3 is 0 Å². The molecule has 3 nitrogen and oxygen atoms in total. The lowest BCUT2D eigenvalue weighted by atomic mass is 10.2. The van der Waals surface area contributed by atoms with Crippen LogP contribution in [0.25, 0.3) is 0 Å². The molecule has 0 aliphatic rings. The third kappa shape index (κ3) is 3.85. The summed E-state index contributed by atoms with van der Waals surface area (Å²) in [7, 11) is 0. The first-order valence-electron chi connectivity index (χ1n) is 5.43. The first-order chi connectivity index (χ1) is 8.56. The standard InChI is InChI=1S/C13H16F2N2O/c1-9(13(17-16)10(2)14)7-8-18-12-6-4-3-5-11(12)15/h3-7,17H,8,16H2,1-2H3/b9-7-,13-10-. The van der Waals surface area contributed by atoms with Crippen LogP contribution in [-0.4, -0.2) is 6.61 Å². The van der Waals surface area contributed by atoms with E-state index in [2.05, 4.69) is 5.43 Å². The molecule has 0 unspecified atom stereocenters. The molecule has 0 heterocycles. The van der Waals surface area contributed by atoms with Crippen LogP contribution in [-0.2, 0) is 0 Å². The fourth-order valence-corrected chi connectivity index (χ4v) is 1.41. The highest BCUT2D eigenvalue weighted by Crippen LogP contribution is 2.16. The van der Waals surface area contributed by atoms with Crippen molar-refractivity contribution in [2.75, 3.05) is 6.61 Å². The van der Waals surface area contributed by atoms with E-state index in [0.29, 0.717) is 5.57 Å². The lowest BCUT2D eigenvalue weighted by Crippen LogP contribution is -2.22. The van der Waals surface area contributed by atoms with E-state index >= 15 is 0 Å². The Bertz CT molecular complexity index is 466. The van der Waals surface area contributed by atoms with E-state index in [1.165, 1.54) is 19.1 Å². The fraction of sp³-hybridized carbons (Fsp3) is 0.231. The molecule has 0 aromatic heterocycles. The summed E-state index contributed by atoms with van der Waals surface area (Å²) in [6.07, 6.45) is 1.62. The molecule has 0 spiro atoms. The lowest BCUT2D eigenvalue weighted by molar-refractivity contribution is 0.341. The van der Waals surface area contributed by atoms with Crippen molar-refractivity contribution in [3.63, 3.8) is 0 Å². The minimum Gasteiger partial charge on any atom is -0.486 e. The molecule has 1 aromatic carbocycles. The molecule has 0 fully saturated rings. The Morgan fingerprint density at radius 3 is 2.61 bits per heavy atom. The maximum atomic E-state index is 13.2. The molecule has 0 amide bonds. The van der Waals surface area contributed by atoms with E-state index in [1.807, 2.05) is 0 Å². The molecule has 98 valence electrons. The number of para-hydroxylation sites is 1. The molecule has 0 saturated carbocycles. The summed E-state index contributed by atoms with van der Waals surface area (Å²) in [5.74, 6) is 4.50. The van der Waals surface area contributed by atoms with Crippen molar-refractivity contribution in [3.8, 4) is 5.75 Å². The summed E-state index contributed by atoms with van der Waals surface area (Å²) in [5, 5.41) is 0. The number of hydrogen-bond donors (Lipinski definition) is 2. The molecule has 1 rings (SSSR count). The van der Waals surface area contributed by atoms with Crippen molar-refractivity contribution in [2.24, 2.45) is 5.84 Å². The van der Waals surface area contributed by atoms with E-state index < -0.39 is 11.6 Å². The first kappa shape index (κ1) is 14.2. The number of ether oxygens (including phenoxy) is 1. The molecular weight excluding hydrogens is 238 g/mol. The molecule has 1 aromatic rings. The third-order valence-corrected chi connectivity index (χ3v) is 2.35. The van der Waals surface area contributed by atoms with Gasteiger partial charge in [-0.3, -0.25) is 5.84 Å². The molecule has 0 aliphatic carbocycles. The number of rotatable bonds is 5. The number of benzene rings is 1. The topological polar surface area (TPSA) is 47.3 Å². The third-order valence-electron chi connectivity index (χ3n) is 2.35. The second-order valence-corrected chi connectivity index (χ2v) is 3.68. The van der Waals surface area contributed by atoms with Crippen molar-refractivity contribution in [1.29, 1.82) is 0 Å². The largest absolute Gasteiger partial charge is 0.486 e. The summed E-state index contributed by atoms with van der Waals surface area (Å²) in [4.78, 5) is 0.